The zero-order chi connectivity index (χ0) is 16.4. The fourth-order valence-electron chi connectivity index (χ4n) is 2.73. The van der Waals surface area contributed by atoms with E-state index >= 15 is 0 Å². The summed E-state index contributed by atoms with van der Waals surface area (Å²) in [6, 6.07) is 11.9. The van der Waals surface area contributed by atoms with Crippen LogP contribution in [0, 0.1) is 20.8 Å². The second-order valence-corrected chi connectivity index (χ2v) is 6.33. The molecule has 0 aliphatic carbocycles. The zero-order valence-corrected chi connectivity index (χ0v) is 14.5. The molecule has 2 aromatic carbocycles. The Morgan fingerprint density at radius 2 is 1.74 bits per heavy atom. The normalized spacial score (nSPS) is 11.1. The molecule has 120 valence electrons. The van der Waals surface area contributed by atoms with E-state index in [1.165, 1.54) is 16.6 Å². The predicted molar refractivity (Wildman–Crippen MR) is 95.5 cm³/mol. The summed E-state index contributed by atoms with van der Waals surface area (Å²) in [5.41, 5.74) is 4.87. The number of hydrogen-bond donors (Lipinski definition) is 0. The molecule has 0 fully saturated rings. The summed E-state index contributed by atoms with van der Waals surface area (Å²) in [6.07, 6.45) is 0.932. The van der Waals surface area contributed by atoms with Crippen LogP contribution < -0.4 is 4.74 Å². The zero-order valence-electron chi connectivity index (χ0n) is 13.8. The average molecular weight is 329 g/mol. The van der Waals surface area contributed by atoms with Gasteiger partial charge in [0.15, 0.2) is 0 Å². The number of imidazole rings is 1. The summed E-state index contributed by atoms with van der Waals surface area (Å²) >= 11 is 5.87. The molecule has 0 aliphatic rings. The maximum Gasteiger partial charge on any atom is 0.119 e. The summed E-state index contributed by atoms with van der Waals surface area (Å²) in [7, 11) is 0. The van der Waals surface area contributed by atoms with Crippen molar-refractivity contribution in [3.8, 4) is 5.75 Å². The fraction of sp³-hybridized carbons (Fsp3) is 0.316. The van der Waals surface area contributed by atoms with Crippen molar-refractivity contribution in [3.05, 3.63) is 58.4 Å². The summed E-state index contributed by atoms with van der Waals surface area (Å²) in [5.74, 6) is 1.91. The highest BCUT2D eigenvalue weighted by Gasteiger charge is 2.08. The number of halogens is 1. The lowest BCUT2D eigenvalue weighted by Gasteiger charge is -2.09. The van der Waals surface area contributed by atoms with Crippen molar-refractivity contribution >= 4 is 22.6 Å². The van der Waals surface area contributed by atoms with Gasteiger partial charge in [-0.3, -0.25) is 0 Å². The van der Waals surface area contributed by atoms with E-state index in [1.807, 2.05) is 24.3 Å². The van der Waals surface area contributed by atoms with Crippen LogP contribution in [-0.2, 0) is 6.54 Å². The highest BCUT2D eigenvalue weighted by molar-refractivity contribution is 6.30. The third kappa shape index (κ3) is 3.50. The van der Waals surface area contributed by atoms with E-state index in [9.17, 15) is 0 Å². The lowest BCUT2D eigenvalue weighted by atomic mass is 10.1. The number of rotatable bonds is 5. The van der Waals surface area contributed by atoms with Gasteiger partial charge in [-0.15, -0.1) is 0 Å². The molecule has 0 aliphatic heterocycles. The molecule has 23 heavy (non-hydrogen) atoms. The molecule has 0 radical (unpaired) electrons. The number of nitrogens with zero attached hydrogens (tertiary/aromatic N) is 2. The molecule has 0 atom stereocenters. The number of hydrogen-bond acceptors (Lipinski definition) is 2. The van der Waals surface area contributed by atoms with Crippen LogP contribution in [0.5, 0.6) is 5.75 Å². The van der Waals surface area contributed by atoms with Gasteiger partial charge in [0.1, 0.15) is 11.6 Å². The van der Waals surface area contributed by atoms with E-state index in [1.54, 1.807) is 0 Å². The van der Waals surface area contributed by atoms with Crippen molar-refractivity contribution < 1.29 is 4.74 Å². The highest BCUT2D eigenvalue weighted by Crippen LogP contribution is 2.21. The van der Waals surface area contributed by atoms with Crippen LogP contribution in [0.4, 0.5) is 0 Å². The smallest absolute Gasteiger partial charge is 0.119 e. The number of fused-ring (bicyclic) bond motifs is 1. The number of benzene rings is 2. The van der Waals surface area contributed by atoms with Crippen molar-refractivity contribution in [2.75, 3.05) is 6.61 Å². The molecule has 0 spiro atoms. The Morgan fingerprint density at radius 3 is 2.48 bits per heavy atom. The molecule has 3 nitrogen and oxygen atoms in total. The molecule has 3 rings (SSSR count). The van der Waals surface area contributed by atoms with E-state index in [0.717, 1.165) is 35.1 Å². The minimum Gasteiger partial charge on any atom is -0.494 e. The lowest BCUT2D eigenvalue weighted by Crippen LogP contribution is -2.06. The number of ether oxygens (including phenoxy) is 1. The quantitative estimate of drug-likeness (QED) is 0.610. The standard InChI is InChI=1S/C19H21ClN2O/c1-13-11-18-19(12-14(13)2)22(15(3)21-18)9-4-10-23-17-7-5-16(20)6-8-17/h5-8,11-12H,4,9-10H2,1-3H3. The van der Waals surface area contributed by atoms with Gasteiger partial charge in [0.2, 0.25) is 0 Å². The van der Waals surface area contributed by atoms with Gasteiger partial charge in [-0.1, -0.05) is 11.6 Å². The van der Waals surface area contributed by atoms with Gasteiger partial charge in [0, 0.05) is 11.6 Å². The monoisotopic (exact) mass is 328 g/mol. The average Bonchev–Trinajstić information content (AvgIpc) is 2.81. The van der Waals surface area contributed by atoms with Gasteiger partial charge in [-0.25, -0.2) is 4.98 Å². The van der Waals surface area contributed by atoms with E-state index < -0.39 is 0 Å². The molecular weight excluding hydrogens is 308 g/mol. The van der Waals surface area contributed by atoms with E-state index in [4.69, 9.17) is 16.3 Å². The van der Waals surface area contributed by atoms with Crippen LogP contribution in [-0.4, -0.2) is 16.2 Å². The minimum atomic E-state index is 0.672. The van der Waals surface area contributed by atoms with Gasteiger partial charge in [0.05, 0.1) is 17.6 Å². The number of aromatic nitrogens is 2. The van der Waals surface area contributed by atoms with Crippen LogP contribution in [0.15, 0.2) is 36.4 Å². The molecule has 1 heterocycles. The first kappa shape index (κ1) is 15.9. The Balaban J connectivity index is 1.66. The third-order valence-corrected chi connectivity index (χ3v) is 4.41. The van der Waals surface area contributed by atoms with Crippen LogP contribution in [0.25, 0.3) is 11.0 Å². The molecule has 1 aromatic heterocycles. The maximum atomic E-state index is 5.87. The maximum absolute atomic E-state index is 5.87. The van der Waals surface area contributed by atoms with E-state index in [-0.39, 0.29) is 0 Å². The molecule has 4 heteroatoms. The Hall–Kier alpha value is -2.00. The summed E-state index contributed by atoms with van der Waals surface area (Å²) in [4.78, 5) is 4.67. The Labute approximate surface area is 141 Å². The Kier molecular flexibility index (Phi) is 4.58. The van der Waals surface area contributed by atoms with Crippen LogP contribution in [0.3, 0.4) is 0 Å². The third-order valence-electron chi connectivity index (χ3n) is 4.16. The molecular formula is C19H21ClN2O. The molecule has 0 saturated heterocycles. The number of aryl methyl sites for hydroxylation is 4. The predicted octanol–water partition coefficient (Wildman–Crippen LogP) is 5.08. The topological polar surface area (TPSA) is 27.1 Å². The first-order valence-electron chi connectivity index (χ1n) is 7.87. The Morgan fingerprint density at radius 1 is 1.04 bits per heavy atom. The van der Waals surface area contributed by atoms with Crippen LogP contribution in [0.2, 0.25) is 5.02 Å². The van der Waals surface area contributed by atoms with Crippen LogP contribution >= 0.6 is 11.6 Å². The highest BCUT2D eigenvalue weighted by atomic mass is 35.5. The SMILES string of the molecule is Cc1cc2nc(C)n(CCCOc3ccc(Cl)cc3)c2cc1C. The second kappa shape index (κ2) is 6.63. The van der Waals surface area contributed by atoms with Gasteiger partial charge in [0.25, 0.3) is 0 Å². The van der Waals surface area contributed by atoms with Crippen LogP contribution in [0.1, 0.15) is 23.4 Å². The molecule has 0 amide bonds. The van der Waals surface area contributed by atoms with Gasteiger partial charge < -0.3 is 9.30 Å². The van der Waals surface area contributed by atoms with Gasteiger partial charge in [-0.05, 0) is 74.7 Å². The molecule has 0 unspecified atom stereocenters. The summed E-state index contributed by atoms with van der Waals surface area (Å²) < 4.78 is 8.03. The molecule has 0 bridgehead atoms. The first-order valence-corrected chi connectivity index (χ1v) is 8.25. The largest absolute Gasteiger partial charge is 0.494 e. The summed E-state index contributed by atoms with van der Waals surface area (Å²) in [5, 5.41) is 0.725. The van der Waals surface area contributed by atoms with Gasteiger partial charge in [-0.2, -0.15) is 0 Å². The summed E-state index contributed by atoms with van der Waals surface area (Å²) in [6.45, 7) is 7.91. The van der Waals surface area contributed by atoms with Crippen molar-refractivity contribution in [2.24, 2.45) is 0 Å². The fourth-order valence-corrected chi connectivity index (χ4v) is 2.85. The van der Waals surface area contributed by atoms with Gasteiger partial charge >= 0.3 is 0 Å². The van der Waals surface area contributed by atoms with E-state index in [2.05, 4.69) is 42.5 Å². The van der Waals surface area contributed by atoms with Crippen molar-refractivity contribution in [1.82, 2.24) is 9.55 Å². The lowest BCUT2D eigenvalue weighted by molar-refractivity contribution is 0.302. The van der Waals surface area contributed by atoms with Crippen molar-refractivity contribution in [2.45, 2.75) is 33.7 Å². The Bertz CT molecular complexity index is 821. The molecule has 0 N–H and O–H groups in total. The van der Waals surface area contributed by atoms with E-state index in [0.29, 0.717) is 6.61 Å². The van der Waals surface area contributed by atoms with Crippen molar-refractivity contribution in [1.29, 1.82) is 0 Å². The minimum absolute atomic E-state index is 0.672. The first-order chi connectivity index (χ1) is 11.0. The second-order valence-electron chi connectivity index (χ2n) is 5.89. The molecule has 3 aromatic rings. The van der Waals surface area contributed by atoms with Crippen molar-refractivity contribution in [3.63, 3.8) is 0 Å². The molecule has 0 saturated carbocycles.